The van der Waals surface area contributed by atoms with Crippen LogP contribution in [0, 0.1) is 0 Å². The van der Waals surface area contributed by atoms with E-state index in [-0.39, 0.29) is 6.04 Å². The maximum absolute atomic E-state index is 11.9. The molecule has 1 atom stereocenters. The molecular formula is C15H21NO3. The number of hydrogen-bond acceptors (Lipinski definition) is 2. The number of carbonyl (C=O) groups excluding carboxylic acids is 1. The zero-order valence-electron chi connectivity index (χ0n) is 11.7. The van der Waals surface area contributed by atoms with Gasteiger partial charge in [-0.2, -0.15) is 0 Å². The number of rotatable bonds is 7. The minimum atomic E-state index is -1.29. The van der Waals surface area contributed by atoms with E-state index >= 15 is 0 Å². The monoisotopic (exact) mass is 263 g/mol. The van der Waals surface area contributed by atoms with Gasteiger partial charge in [0.15, 0.2) is 5.54 Å². The van der Waals surface area contributed by atoms with Gasteiger partial charge in [-0.15, -0.1) is 0 Å². The molecule has 0 aliphatic heterocycles. The normalized spacial score (nSPS) is 13.9. The van der Waals surface area contributed by atoms with Crippen LogP contribution in [0.15, 0.2) is 30.3 Å². The summed E-state index contributed by atoms with van der Waals surface area (Å²) in [5, 5.41) is 9.76. The predicted octanol–water partition coefficient (Wildman–Crippen LogP) is 2.63. The molecule has 0 fully saturated rings. The van der Waals surface area contributed by atoms with Crippen LogP contribution in [-0.4, -0.2) is 28.4 Å². The minimum absolute atomic E-state index is 0.180. The van der Waals surface area contributed by atoms with Crippen LogP contribution < -0.4 is 0 Å². The van der Waals surface area contributed by atoms with Gasteiger partial charge in [0.05, 0.1) is 0 Å². The molecule has 0 aliphatic carbocycles. The van der Waals surface area contributed by atoms with E-state index in [4.69, 9.17) is 0 Å². The Bertz CT molecular complexity index is 430. The molecule has 0 bridgehead atoms. The molecule has 4 heteroatoms. The summed E-state index contributed by atoms with van der Waals surface area (Å²) in [6.07, 6.45) is 1.71. The largest absolute Gasteiger partial charge is 0.479 e. The van der Waals surface area contributed by atoms with Gasteiger partial charge in [-0.05, 0) is 25.8 Å². The maximum Gasteiger partial charge on any atom is 0.334 e. The van der Waals surface area contributed by atoms with E-state index in [1.807, 2.05) is 26.8 Å². The lowest BCUT2D eigenvalue weighted by molar-refractivity contribution is -0.159. The van der Waals surface area contributed by atoms with Crippen molar-refractivity contribution in [2.75, 3.05) is 0 Å². The molecule has 1 aromatic carbocycles. The molecule has 19 heavy (non-hydrogen) atoms. The summed E-state index contributed by atoms with van der Waals surface area (Å²) in [6, 6.07) is 8.78. The number of carboxylic acids is 1. The van der Waals surface area contributed by atoms with E-state index in [0.717, 1.165) is 0 Å². The van der Waals surface area contributed by atoms with Crippen molar-refractivity contribution in [2.24, 2.45) is 0 Å². The zero-order valence-corrected chi connectivity index (χ0v) is 11.7. The smallest absolute Gasteiger partial charge is 0.334 e. The van der Waals surface area contributed by atoms with Gasteiger partial charge in [-0.1, -0.05) is 43.7 Å². The van der Waals surface area contributed by atoms with Crippen molar-refractivity contribution in [3.05, 3.63) is 35.9 Å². The van der Waals surface area contributed by atoms with E-state index in [0.29, 0.717) is 24.8 Å². The Balaban J connectivity index is 3.45. The summed E-state index contributed by atoms with van der Waals surface area (Å²) in [4.78, 5) is 24.7. The van der Waals surface area contributed by atoms with Crippen LogP contribution in [0.3, 0.4) is 0 Å². The van der Waals surface area contributed by atoms with E-state index < -0.39 is 11.5 Å². The van der Waals surface area contributed by atoms with E-state index in [1.165, 1.54) is 4.90 Å². The average molecular weight is 263 g/mol. The molecule has 0 heterocycles. The molecule has 0 spiro atoms. The molecule has 0 aliphatic rings. The topological polar surface area (TPSA) is 57.6 Å². The molecule has 0 saturated carbocycles. The molecule has 0 aromatic heterocycles. The molecule has 0 saturated heterocycles. The fraction of sp³-hybridized carbons (Fsp3) is 0.467. The van der Waals surface area contributed by atoms with Crippen molar-refractivity contribution in [2.45, 2.75) is 45.2 Å². The molecule has 1 amide bonds. The highest BCUT2D eigenvalue weighted by molar-refractivity contribution is 5.83. The van der Waals surface area contributed by atoms with Crippen LogP contribution in [0.25, 0.3) is 0 Å². The highest BCUT2D eigenvalue weighted by Crippen LogP contribution is 2.34. The summed E-state index contributed by atoms with van der Waals surface area (Å²) >= 11 is 0. The van der Waals surface area contributed by atoms with Crippen LogP contribution in [0.5, 0.6) is 0 Å². The molecule has 4 nitrogen and oxygen atoms in total. The third-order valence-corrected chi connectivity index (χ3v) is 3.33. The van der Waals surface area contributed by atoms with E-state index in [9.17, 15) is 14.7 Å². The molecule has 104 valence electrons. The second-order valence-corrected chi connectivity index (χ2v) is 4.89. The standard InChI is InChI=1S/C15H21NO3/c1-4-10-15(14(18)19,16(11-17)12(2)3)13-8-6-5-7-9-13/h5-9,11-12H,4,10H2,1-3H3,(H,18,19). The fourth-order valence-corrected chi connectivity index (χ4v) is 2.49. The number of carbonyl (C=O) groups is 2. The third-order valence-electron chi connectivity index (χ3n) is 3.33. The first-order chi connectivity index (χ1) is 9.00. The van der Waals surface area contributed by atoms with Gasteiger partial charge in [0.1, 0.15) is 0 Å². The van der Waals surface area contributed by atoms with Gasteiger partial charge in [0, 0.05) is 6.04 Å². The number of nitrogens with zero attached hydrogens (tertiary/aromatic N) is 1. The molecule has 1 aromatic rings. The van der Waals surface area contributed by atoms with Gasteiger partial charge in [0.25, 0.3) is 0 Å². The van der Waals surface area contributed by atoms with Gasteiger partial charge < -0.3 is 10.0 Å². The first-order valence-corrected chi connectivity index (χ1v) is 6.53. The Labute approximate surface area is 114 Å². The van der Waals surface area contributed by atoms with Crippen molar-refractivity contribution in [1.29, 1.82) is 0 Å². The minimum Gasteiger partial charge on any atom is -0.479 e. The molecular weight excluding hydrogens is 242 g/mol. The first kappa shape index (κ1) is 15.2. The van der Waals surface area contributed by atoms with Crippen molar-refractivity contribution in [1.82, 2.24) is 4.90 Å². The molecule has 1 N–H and O–H groups in total. The lowest BCUT2D eigenvalue weighted by Crippen LogP contribution is -2.54. The first-order valence-electron chi connectivity index (χ1n) is 6.53. The fourth-order valence-electron chi connectivity index (χ4n) is 2.49. The van der Waals surface area contributed by atoms with Gasteiger partial charge in [-0.3, -0.25) is 4.79 Å². The predicted molar refractivity (Wildman–Crippen MR) is 73.7 cm³/mol. The Morgan fingerprint density at radius 3 is 2.32 bits per heavy atom. The summed E-state index contributed by atoms with van der Waals surface area (Å²) < 4.78 is 0. The van der Waals surface area contributed by atoms with E-state index in [2.05, 4.69) is 0 Å². The van der Waals surface area contributed by atoms with Crippen LogP contribution in [-0.2, 0) is 15.1 Å². The highest BCUT2D eigenvalue weighted by atomic mass is 16.4. The summed E-state index contributed by atoms with van der Waals surface area (Å²) in [5.74, 6) is -0.985. The van der Waals surface area contributed by atoms with Crippen molar-refractivity contribution >= 4 is 12.4 Å². The van der Waals surface area contributed by atoms with Crippen molar-refractivity contribution < 1.29 is 14.7 Å². The lowest BCUT2D eigenvalue weighted by Gasteiger charge is -2.41. The van der Waals surface area contributed by atoms with Crippen molar-refractivity contribution in [3.8, 4) is 0 Å². The quantitative estimate of drug-likeness (QED) is 0.769. The second kappa shape index (κ2) is 6.36. The molecule has 0 radical (unpaired) electrons. The number of benzene rings is 1. The van der Waals surface area contributed by atoms with E-state index in [1.54, 1.807) is 24.3 Å². The zero-order chi connectivity index (χ0) is 14.5. The Morgan fingerprint density at radius 2 is 1.95 bits per heavy atom. The van der Waals surface area contributed by atoms with Crippen LogP contribution >= 0.6 is 0 Å². The summed E-state index contributed by atoms with van der Waals surface area (Å²) in [6.45, 7) is 5.57. The third kappa shape index (κ3) is 2.78. The Kier molecular flexibility index (Phi) is 5.10. The van der Waals surface area contributed by atoms with Crippen molar-refractivity contribution in [3.63, 3.8) is 0 Å². The Morgan fingerprint density at radius 1 is 1.37 bits per heavy atom. The van der Waals surface area contributed by atoms with Gasteiger partial charge in [0.2, 0.25) is 6.41 Å². The molecule has 1 rings (SSSR count). The molecule has 1 unspecified atom stereocenters. The average Bonchev–Trinajstić information content (AvgIpc) is 2.38. The van der Waals surface area contributed by atoms with Crippen LogP contribution in [0.1, 0.15) is 39.2 Å². The summed E-state index contributed by atoms with van der Waals surface area (Å²) in [5.41, 5.74) is -0.642. The maximum atomic E-state index is 11.9. The highest BCUT2D eigenvalue weighted by Gasteiger charge is 2.45. The second-order valence-electron chi connectivity index (χ2n) is 4.89. The number of hydrogen-bond donors (Lipinski definition) is 1. The lowest BCUT2D eigenvalue weighted by atomic mass is 9.83. The number of aliphatic carboxylic acids is 1. The SMILES string of the molecule is CCCC(C(=O)O)(c1ccccc1)N(C=O)C(C)C. The van der Waals surface area contributed by atoms with Crippen LogP contribution in [0.2, 0.25) is 0 Å². The number of amides is 1. The Hall–Kier alpha value is -1.84. The van der Waals surface area contributed by atoms with Crippen LogP contribution in [0.4, 0.5) is 0 Å². The van der Waals surface area contributed by atoms with Gasteiger partial charge in [-0.25, -0.2) is 4.79 Å². The summed E-state index contributed by atoms with van der Waals surface area (Å²) in [7, 11) is 0. The van der Waals surface area contributed by atoms with Gasteiger partial charge >= 0.3 is 5.97 Å². The number of carboxylic acid groups (broad SMARTS) is 1.